The second kappa shape index (κ2) is 10.6. The molecule has 0 spiro atoms. The number of hydrogen-bond donors (Lipinski definition) is 3. The molecule has 1 unspecified atom stereocenters. The molecule has 1 aliphatic rings. The number of alkyl halides is 3. The fraction of sp³-hybridized carbons (Fsp3) is 0.261. The van der Waals surface area contributed by atoms with Crippen LogP contribution >= 0.6 is 12.2 Å². The van der Waals surface area contributed by atoms with Crippen LogP contribution < -0.4 is 25.4 Å². The van der Waals surface area contributed by atoms with Gasteiger partial charge in [0.2, 0.25) is 0 Å². The number of amides is 1. The smallest absolute Gasteiger partial charge is 0.416 e. The van der Waals surface area contributed by atoms with Gasteiger partial charge >= 0.3 is 12.1 Å². The predicted octanol–water partition coefficient (Wildman–Crippen LogP) is 3.70. The van der Waals surface area contributed by atoms with E-state index in [0.29, 0.717) is 27.7 Å². The van der Waals surface area contributed by atoms with Crippen LogP contribution in [-0.4, -0.2) is 37.8 Å². The van der Waals surface area contributed by atoms with E-state index >= 15 is 0 Å². The summed E-state index contributed by atoms with van der Waals surface area (Å²) in [5.41, 5.74) is 0.485. The average Bonchev–Trinajstić information content (AvgIpc) is 2.81. The maximum atomic E-state index is 12.9. The normalized spacial score (nSPS) is 15.6. The van der Waals surface area contributed by atoms with Gasteiger partial charge in [-0.2, -0.15) is 13.2 Å². The molecule has 12 heteroatoms. The van der Waals surface area contributed by atoms with Gasteiger partial charge in [-0.1, -0.05) is 12.1 Å². The number of rotatable bonds is 7. The summed E-state index contributed by atoms with van der Waals surface area (Å²) in [4.78, 5) is 24.7. The number of halogens is 3. The predicted molar refractivity (Wildman–Crippen MR) is 125 cm³/mol. The third kappa shape index (κ3) is 6.21. The van der Waals surface area contributed by atoms with Crippen LogP contribution in [0.1, 0.15) is 24.1 Å². The Morgan fingerprint density at radius 2 is 1.86 bits per heavy atom. The van der Waals surface area contributed by atoms with Gasteiger partial charge in [-0.05, 0) is 55.0 Å². The molecular formula is C23H22F3N3O5S. The molecule has 8 nitrogen and oxygen atoms in total. The molecule has 1 aliphatic heterocycles. The van der Waals surface area contributed by atoms with Gasteiger partial charge in [0.1, 0.15) is 0 Å². The maximum Gasteiger partial charge on any atom is 0.416 e. The zero-order chi connectivity index (χ0) is 25.8. The number of ether oxygens (including phenoxy) is 3. The molecule has 0 radical (unpaired) electrons. The Balaban J connectivity index is 1.79. The van der Waals surface area contributed by atoms with Crippen molar-refractivity contribution in [3.05, 3.63) is 64.9 Å². The zero-order valence-electron chi connectivity index (χ0n) is 18.9. The van der Waals surface area contributed by atoms with Gasteiger partial charge < -0.3 is 30.2 Å². The Kier molecular flexibility index (Phi) is 7.85. The van der Waals surface area contributed by atoms with E-state index in [1.807, 2.05) is 0 Å². The summed E-state index contributed by atoms with van der Waals surface area (Å²) < 4.78 is 54.5. The van der Waals surface area contributed by atoms with Crippen molar-refractivity contribution in [1.82, 2.24) is 10.6 Å². The molecule has 3 rings (SSSR count). The van der Waals surface area contributed by atoms with E-state index in [0.717, 1.165) is 12.1 Å². The Morgan fingerprint density at radius 3 is 2.51 bits per heavy atom. The van der Waals surface area contributed by atoms with Gasteiger partial charge in [0.25, 0.3) is 5.91 Å². The summed E-state index contributed by atoms with van der Waals surface area (Å²) in [6, 6.07) is 8.44. The van der Waals surface area contributed by atoms with Crippen molar-refractivity contribution in [1.29, 1.82) is 0 Å². The molecule has 35 heavy (non-hydrogen) atoms. The van der Waals surface area contributed by atoms with Crippen molar-refractivity contribution in [3.8, 4) is 11.5 Å². The SMILES string of the molecule is COC(=O)C1=C(C)NC(=S)NC1c1ccc(OC)c(OCC(=O)Nc2cccc(C(F)(F)F)c2)c1. The van der Waals surface area contributed by atoms with Crippen LogP contribution in [0.4, 0.5) is 18.9 Å². The minimum atomic E-state index is -4.54. The largest absolute Gasteiger partial charge is 0.493 e. The van der Waals surface area contributed by atoms with E-state index < -0.39 is 36.3 Å². The molecule has 186 valence electrons. The fourth-order valence-corrected chi connectivity index (χ4v) is 3.69. The van der Waals surface area contributed by atoms with E-state index in [2.05, 4.69) is 16.0 Å². The molecule has 0 aliphatic carbocycles. The Labute approximate surface area is 204 Å². The van der Waals surface area contributed by atoms with E-state index in [1.54, 1.807) is 25.1 Å². The summed E-state index contributed by atoms with van der Waals surface area (Å²) in [6.07, 6.45) is -4.54. The first-order chi connectivity index (χ1) is 16.5. The standard InChI is InChI=1S/C23H22F3N3O5S/c1-12-19(21(31)33-3)20(29-22(35)27-12)13-7-8-16(32-2)17(9-13)34-11-18(30)28-15-6-4-5-14(10-15)23(24,25)26/h4-10,20H,11H2,1-3H3,(H,28,30)(H2,27,29,35). The summed E-state index contributed by atoms with van der Waals surface area (Å²) in [6.45, 7) is 1.18. The second-order valence-corrected chi connectivity index (χ2v) is 7.80. The van der Waals surface area contributed by atoms with Crippen LogP contribution in [-0.2, 0) is 20.5 Å². The number of methoxy groups -OCH3 is 2. The van der Waals surface area contributed by atoms with Gasteiger partial charge in [0, 0.05) is 11.4 Å². The first-order valence-corrected chi connectivity index (χ1v) is 10.6. The first kappa shape index (κ1) is 25.8. The monoisotopic (exact) mass is 509 g/mol. The molecule has 0 saturated carbocycles. The highest BCUT2D eigenvalue weighted by Gasteiger charge is 2.32. The Morgan fingerprint density at radius 1 is 1.11 bits per heavy atom. The highest BCUT2D eigenvalue weighted by molar-refractivity contribution is 7.80. The Bertz CT molecular complexity index is 1180. The van der Waals surface area contributed by atoms with Crippen molar-refractivity contribution < 1.29 is 37.0 Å². The van der Waals surface area contributed by atoms with Crippen molar-refractivity contribution in [2.75, 3.05) is 26.1 Å². The maximum absolute atomic E-state index is 12.9. The van der Waals surface area contributed by atoms with Crippen LogP contribution in [0.25, 0.3) is 0 Å². The van der Waals surface area contributed by atoms with Crippen LogP contribution in [0.15, 0.2) is 53.7 Å². The van der Waals surface area contributed by atoms with Gasteiger partial charge in [-0.15, -0.1) is 0 Å². The third-order valence-electron chi connectivity index (χ3n) is 5.03. The van der Waals surface area contributed by atoms with Crippen LogP contribution in [0.2, 0.25) is 0 Å². The molecule has 2 aromatic rings. The number of thiocarbonyl (C=S) groups is 1. The average molecular weight is 510 g/mol. The highest BCUT2D eigenvalue weighted by Crippen LogP contribution is 2.35. The fourth-order valence-electron chi connectivity index (χ4n) is 3.42. The zero-order valence-corrected chi connectivity index (χ0v) is 19.7. The van der Waals surface area contributed by atoms with Crippen molar-refractivity contribution >= 4 is 34.9 Å². The van der Waals surface area contributed by atoms with E-state index in [-0.39, 0.29) is 11.4 Å². The molecule has 0 fully saturated rings. The Hall–Kier alpha value is -3.80. The lowest BCUT2D eigenvalue weighted by atomic mass is 9.95. The molecule has 0 aromatic heterocycles. The second-order valence-electron chi connectivity index (χ2n) is 7.39. The summed E-state index contributed by atoms with van der Waals surface area (Å²) in [5, 5.41) is 8.55. The molecule has 3 N–H and O–H groups in total. The van der Waals surface area contributed by atoms with Crippen LogP contribution in [0.5, 0.6) is 11.5 Å². The van der Waals surface area contributed by atoms with Crippen LogP contribution in [0, 0.1) is 0 Å². The van der Waals surface area contributed by atoms with Gasteiger partial charge in [0.05, 0.1) is 31.4 Å². The number of allylic oxidation sites excluding steroid dienone is 1. The molecule has 1 amide bonds. The topological polar surface area (TPSA) is 97.9 Å². The van der Waals surface area contributed by atoms with E-state index in [1.165, 1.54) is 26.4 Å². The third-order valence-corrected chi connectivity index (χ3v) is 5.25. The van der Waals surface area contributed by atoms with Gasteiger partial charge in [-0.3, -0.25) is 4.79 Å². The number of esters is 1. The molecule has 0 saturated heterocycles. The molecule has 1 heterocycles. The minimum absolute atomic E-state index is 0.0232. The number of anilines is 1. The van der Waals surface area contributed by atoms with E-state index in [4.69, 9.17) is 26.4 Å². The first-order valence-electron chi connectivity index (χ1n) is 10.2. The van der Waals surface area contributed by atoms with Gasteiger partial charge in [0.15, 0.2) is 23.2 Å². The van der Waals surface area contributed by atoms with Gasteiger partial charge in [-0.25, -0.2) is 4.79 Å². The van der Waals surface area contributed by atoms with E-state index in [9.17, 15) is 22.8 Å². The van der Waals surface area contributed by atoms with Crippen LogP contribution in [0.3, 0.4) is 0 Å². The van der Waals surface area contributed by atoms with Crippen molar-refractivity contribution in [3.63, 3.8) is 0 Å². The quantitative estimate of drug-likeness (QED) is 0.384. The molecular weight excluding hydrogens is 487 g/mol. The highest BCUT2D eigenvalue weighted by atomic mass is 32.1. The number of benzene rings is 2. The summed E-state index contributed by atoms with van der Waals surface area (Å²) >= 11 is 5.21. The minimum Gasteiger partial charge on any atom is -0.493 e. The molecule has 2 aromatic carbocycles. The number of carbonyl (C=O) groups is 2. The lowest BCUT2D eigenvalue weighted by Gasteiger charge is -2.30. The lowest BCUT2D eigenvalue weighted by Crippen LogP contribution is -2.45. The molecule has 0 bridgehead atoms. The van der Waals surface area contributed by atoms with Crippen molar-refractivity contribution in [2.24, 2.45) is 0 Å². The lowest BCUT2D eigenvalue weighted by molar-refractivity contribution is -0.138. The number of hydrogen-bond acceptors (Lipinski definition) is 6. The summed E-state index contributed by atoms with van der Waals surface area (Å²) in [5.74, 6) is -0.757. The molecule has 1 atom stereocenters. The number of nitrogens with one attached hydrogen (secondary N) is 3. The van der Waals surface area contributed by atoms with Crippen molar-refractivity contribution in [2.45, 2.75) is 19.1 Å². The number of carbonyl (C=O) groups excluding carboxylic acids is 2. The summed E-state index contributed by atoms with van der Waals surface area (Å²) in [7, 11) is 2.67.